The van der Waals surface area contributed by atoms with Gasteiger partial charge in [0, 0.05) is 39.3 Å². The van der Waals surface area contributed by atoms with E-state index in [-0.39, 0.29) is 42.7 Å². The van der Waals surface area contributed by atoms with Crippen molar-refractivity contribution in [2.75, 3.05) is 53.9 Å². The summed E-state index contributed by atoms with van der Waals surface area (Å²) in [5, 5.41) is 6.23. The zero-order chi connectivity index (χ0) is 18.2. The Morgan fingerprint density at radius 1 is 1.36 bits per heavy atom. The van der Waals surface area contributed by atoms with Crippen LogP contribution in [0, 0.1) is 0 Å². The highest BCUT2D eigenvalue weighted by atomic mass is 127. The smallest absolute Gasteiger partial charge is 0.409 e. The number of carbonyl (C=O) groups excluding carboxylic acids is 1. The van der Waals surface area contributed by atoms with E-state index in [1.165, 1.54) is 19.1 Å². The van der Waals surface area contributed by atoms with Gasteiger partial charge in [0.05, 0.1) is 13.7 Å². The lowest BCUT2D eigenvalue weighted by Crippen LogP contribution is -2.50. The summed E-state index contributed by atoms with van der Waals surface area (Å²) in [5.41, 5.74) is 0. The Morgan fingerprint density at radius 2 is 1.96 bits per heavy atom. The highest BCUT2D eigenvalue weighted by Gasteiger charge is 2.29. The molecule has 0 aliphatic carbocycles. The van der Waals surface area contributed by atoms with Gasteiger partial charge in [0.15, 0.2) is 5.96 Å². The molecule has 0 radical (unpaired) electrons. The quantitative estimate of drug-likeness (QED) is 0.354. The molecule has 11 heteroatoms. The first-order valence-corrected chi connectivity index (χ1v) is 7.80. The van der Waals surface area contributed by atoms with Crippen molar-refractivity contribution in [2.24, 2.45) is 4.99 Å². The second-order valence-corrected chi connectivity index (χ2v) is 5.73. The molecule has 0 aromatic heterocycles. The maximum atomic E-state index is 12.2. The van der Waals surface area contributed by atoms with Crippen molar-refractivity contribution in [1.82, 2.24) is 20.4 Å². The number of piperidine rings is 1. The number of likely N-dealkylation sites (N-methyl/N-ethyl adjacent to an activating group) is 1. The molecule has 1 heterocycles. The molecule has 1 rings (SSSR count). The highest BCUT2D eigenvalue weighted by molar-refractivity contribution is 14.0. The Morgan fingerprint density at radius 3 is 2.44 bits per heavy atom. The van der Waals surface area contributed by atoms with Gasteiger partial charge in [0.1, 0.15) is 0 Å². The van der Waals surface area contributed by atoms with Gasteiger partial charge in [0.25, 0.3) is 0 Å². The molecular weight excluding hydrogens is 454 g/mol. The minimum atomic E-state index is -4.19. The van der Waals surface area contributed by atoms with E-state index in [9.17, 15) is 18.0 Å². The van der Waals surface area contributed by atoms with Crippen LogP contribution in [0.15, 0.2) is 4.99 Å². The van der Waals surface area contributed by atoms with Crippen molar-refractivity contribution in [2.45, 2.75) is 25.1 Å². The van der Waals surface area contributed by atoms with Crippen LogP contribution >= 0.6 is 24.0 Å². The summed E-state index contributed by atoms with van der Waals surface area (Å²) < 4.78 is 41.4. The number of nitrogens with zero attached hydrogens (tertiary/aromatic N) is 3. The first kappa shape index (κ1) is 24.0. The lowest BCUT2D eigenvalue weighted by Gasteiger charge is -2.32. The largest absolute Gasteiger partial charge is 0.453 e. The molecule has 148 valence electrons. The average Bonchev–Trinajstić information content (AvgIpc) is 2.52. The molecule has 0 unspecified atom stereocenters. The molecule has 2 N–H and O–H groups in total. The molecule has 7 nitrogen and oxygen atoms in total. The highest BCUT2D eigenvalue weighted by Crippen LogP contribution is 2.15. The van der Waals surface area contributed by atoms with E-state index >= 15 is 0 Å². The van der Waals surface area contributed by atoms with Crippen LogP contribution in [0.2, 0.25) is 0 Å². The van der Waals surface area contributed by atoms with E-state index in [0.29, 0.717) is 25.6 Å². The SMILES string of the molecule is CN=C(NCCN(C)CC(F)(F)F)NC1CCN(C(=O)OC)CC1.I. The third kappa shape index (κ3) is 9.92. The summed E-state index contributed by atoms with van der Waals surface area (Å²) in [6, 6.07) is 0.157. The van der Waals surface area contributed by atoms with Crippen molar-refractivity contribution in [3.8, 4) is 0 Å². The number of methoxy groups -OCH3 is 1. The third-order valence-electron chi connectivity index (χ3n) is 3.73. The Labute approximate surface area is 163 Å². The van der Waals surface area contributed by atoms with Crippen LogP contribution in [-0.2, 0) is 4.74 Å². The van der Waals surface area contributed by atoms with Crippen LogP contribution in [0.25, 0.3) is 0 Å². The summed E-state index contributed by atoms with van der Waals surface area (Å²) in [6.45, 7) is 0.853. The Balaban J connectivity index is 0.00000576. The van der Waals surface area contributed by atoms with Crippen LogP contribution < -0.4 is 10.6 Å². The number of halogens is 4. The first-order valence-electron chi connectivity index (χ1n) is 7.80. The van der Waals surface area contributed by atoms with Gasteiger partial charge in [-0.3, -0.25) is 9.89 Å². The van der Waals surface area contributed by atoms with Crippen LogP contribution in [-0.4, -0.2) is 88.0 Å². The van der Waals surface area contributed by atoms with Crippen LogP contribution in [0.4, 0.5) is 18.0 Å². The number of nitrogens with one attached hydrogen (secondary N) is 2. The molecule has 1 aliphatic heterocycles. The predicted molar refractivity (Wildman–Crippen MR) is 100 cm³/mol. The maximum absolute atomic E-state index is 12.2. The lowest BCUT2D eigenvalue weighted by atomic mass is 10.1. The van der Waals surface area contributed by atoms with Crippen molar-refractivity contribution >= 4 is 36.0 Å². The van der Waals surface area contributed by atoms with E-state index in [2.05, 4.69) is 20.4 Å². The molecule has 0 atom stereocenters. The molecule has 0 aromatic rings. The number of amides is 1. The number of carbonyl (C=O) groups is 1. The van der Waals surface area contributed by atoms with Gasteiger partial charge in [-0.1, -0.05) is 0 Å². The van der Waals surface area contributed by atoms with Crippen LogP contribution in [0.5, 0.6) is 0 Å². The predicted octanol–water partition coefficient (Wildman–Crippen LogP) is 1.49. The number of hydrogen-bond acceptors (Lipinski definition) is 4. The van der Waals surface area contributed by atoms with Crippen molar-refractivity contribution in [3.05, 3.63) is 0 Å². The summed E-state index contributed by atoms with van der Waals surface area (Å²) in [5.74, 6) is 0.548. The number of rotatable bonds is 5. The molecule has 1 aliphatic rings. The van der Waals surface area contributed by atoms with Crippen molar-refractivity contribution < 1.29 is 22.7 Å². The molecule has 0 aromatic carbocycles. The molecular formula is C14H27F3IN5O2. The molecule has 1 saturated heterocycles. The fourth-order valence-corrected chi connectivity index (χ4v) is 2.47. The number of likely N-dealkylation sites (tertiary alicyclic amines) is 1. The minimum Gasteiger partial charge on any atom is -0.453 e. The van der Waals surface area contributed by atoms with Crippen molar-refractivity contribution in [1.29, 1.82) is 0 Å². The van der Waals surface area contributed by atoms with Gasteiger partial charge in [-0.25, -0.2) is 4.79 Å². The van der Waals surface area contributed by atoms with Gasteiger partial charge >= 0.3 is 12.3 Å². The molecule has 0 spiro atoms. The van der Waals surface area contributed by atoms with Gasteiger partial charge in [-0.2, -0.15) is 13.2 Å². The third-order valence-corrected chi connectivity index (χ3v) is 3.73. The number of hydrogen-bond donors (Lipinski definition) is 2. The number of alkyl halides is 3. The monoisotopic (exact) mass is 481 g/mol. The van der Waals surface area contributed by atoms with Crippen LogP contribution in [0.3, 0.4) is 0 Å². The number of aliphatic imine (C=N–C) groups is 1. The second-order valence-electron chi connectivity index (χ2n) is 5.73. The fraction of sp³-hybridized carbons (Fsp3) is 0.857. The van der Waals surface area contributed by atoms with E-state index in [4.69, 9.17) is 0 Å². The number of ether oxygens (including phenoxy) is 1. The zero-order valence-corrected chi connectivity index (χ0v) is 17.1. The van der Waals surface area contributed by atoms with Gasteiger partial charge < -0.3 is 20.3 Å². The summed E-state index contributed by atoms with van der Waals surface area (Å²) in [7, 11) is 4.39. The topological polar surface area (TPSA) is 69.2 Å². The minimum absolute atomic E-state index is 0. The van der Waals surface area contributed by atoms with E-state index in [1.54, 1.807) is 11.9 Å². The van der Waals surface area contributed by atoms with Crippen LogP contribution in [0.1, 0.15) is 12.8 Å². The molecule has 25 heavy (non-hydrogen) atoms. The summed E-state index contributed by atoms with van der Waals surface area (Å²) >= 11 is 0. The van der Waals surface area contributed by atoms with E-state index in [1.807, 2.05) is 0 Å². The zero-order valence-electron chi connectivity index (χ0n) is 14.7. The fourth-order valence-electron chi connectivity index (χ4n) is 2.47. The standard InChI is InChI=1S/C14H26F3N5O2.HI/c1-18-12(19-6-9-21(2)10-14(15,16)17)20-11-4-7-22(8-5-11)13(23)24-3;/h11H,4-10H2,1-3H3,(H2,18,19,20);1H. The van der Waals surface area contributed by atoms with E-state index in [0.717, 1.165) is 12.8 Å². The van der Waals surface area contributed by atoms with Gasteiger partial charge in [0.2, 0.25) is 0 Å². The molecule has 0 bridgehead atoms. The average molecular weight is 481 g/mol. The Bertz CT molecular complexity index is 429. The Kier molecular flexibility index (Phi) is 11.1. The second kappa shape index (κ2) is 11.6. The van der Waals surface area contributed by atoms with Gasteiger partial charge in [-0.15, -0.1) is 24.0 Å². The normalized spacial score (nSPS) is 16.4. The lowest BCUT2D eigenvalue weighted by molar-refractivity contribution is -0.142. The molecule has 1 amide bonds. The van der Waals surface area contributed by atoms with Crippen molar-refractivity contribution in [3.63, 3.8) is 0 Å². The Hall–Kier alpha value is -0.980. The van der Waals surface area contributed by atoms with Gasteiger partial charge in [-0.05, 0) is 19.9 Å². The summed E-state index contributed by atoms with van der Waals surface area (Å²) in [4.78, 5) is 18.3. The molecule has 1 fully saturated rings. The summed E-state index contributed by atoms with van der Waals surface area (Å²) in [6.07, 6.45) is -3.01. The van der Waals surface area contributed by atoms with E-state index < -0.39 is 12.7 Å². The number of guanidine groups is 1. The maximum Gasteiger partial charge on any atom is 0.409 e. The first-order chi connectivity index (χ1) is 11.2. The molecule has 0 saturated carbocycles.